The van der Waals surface area contributed by atoms with E-state index in [0.29, 0.717) is 38.7 Å². The lowest BCUT2D eigenvalue weighted by atomic mass is 10.1. The van der Waals surface area contributed by atoms with Crippen LogP contribution in [0.3, 0.4) is 0 Å². The first-order valence-corrected chi connectivity index (χ1v) is 7.62. The monoisotopic (exact) mass is 442 g/mol. The molecule has 0 unspecified atom stereocenters. The van der Waals surface area contributed by atoms with Crippen molar-refractivity contribution in [3.8, 4) is 0 Å². The molecule has 1 rings (SSSR count). The molecular weight excluding hydrogens is 411 g/mol. The Kier molecular flexibility index (Phi) is 8.61. The van der Waals surface area contributed by atoms with Gasteiger partial charge < -0.3 is 25.0 Å². The van der Waals surface area contributed by atoms with Gasteiger partial charge in [-0.15, -0.1) is 24.0 Å². The molecule has 0 bridgehead atoms. The van der Waals surface area contributed by atoms with Crippen LogP contribution < -0.4 is 5.73 Å². The molecular formula is C15H31IN4O3. The Labute approximate surface area is 156 Å². The lowest BCUT2D eigenvalue weighted by molar-refractivity contribution is 0.0185. The summed E-state index contributed by atoms with van der Waals surface area (Å²) in [5.74, 6) is 0.494. The second-order valence-electron chi connectivity index (χ2n) is 7.09. The Morgan fingerprint density at radius 3 is 2.00 bits per heavy atom. The number of piperazine rings is 1. The van der Waals surface area contributed by atoms with E-state index in [4.69, 9.17) is 15.2 Å². The van der Waals surface area contributed by atoms with Gasteiger partial charge in [0, 0.05) is 33.3 Å². The molecule has 7 nitrogen and oxygen atoms in total. The number of rotatable bonds is 3. The van der Waals surface area contributed by atoms with E-state index < -0.39 is 5.60 Å². The zero-order chi connectivity index (χ0) is 17.0. The number of methoxy groups -OCH3 is 1. The standard InChI is InChI=1S/C15H30N4O3.HI/c1-14(2,3)22-13(20)19-9-7-18(8-10-19)12(16)17-11-15(4,5)21-6;/h7-11H2,1-6H3,(H2,16,17);1H. The summed E-state index contributed by atoms with van der Waals surface area (Å²) >= 11 is 0. The summed E-state index contributed by atoms with van der Waals surface area (Å²) < 4.78 is 10.7. The third kappa shape index (κ3) is 8.05. The predicted molar refractivity (Wildman–Crippen MR) is 102 cm³/mol. The summed E-state index contributed by atoms with van der Waals surface area (Å²) in [6.07, 6.45) is -0.275. The molecule has 2 N–H and O–H groups in total. The van der Waals surface area contributed by atoms with Crippen LogP contribution in [0.4, 0.5) is 4.79 Å². The second kappa shape index (κ2) is 8.91. The molecule has 8 heteroatoms. The number of carbonyl (C=O) groups is 1. The van der Waals surface area contributed by atoms with Crippen LogP contribution in [0.1, 0.15) is 34.6 Å². The zero-order valence-corrected chi connectivity index (χ0v) is 17.4. The van der Waals surface area contributed by atoms with E-state index in [1.807, 2.05) is 39.5 Å². The summed E-state index contributed by atoms with van der Waals surface area (Å²) in [6, 6.07) is 0. The third-order valence-corrected chi connectivity index (χ3v) is 3.43. The number of ether oxygens (including phenoxy) is 2. The highest BCUT2D eigenvalue weighted by Gasteiger charge is 2.26. The van der Waals surface area contributed by atoms with Gasteiger partial charge in [-0.1, -0.05) is 0 Å². The highest BCUT2D eigenvalue weighted by Crippen LogP contribution is 2.12. The lowest BCUT2D eigenvalue weighted by Gasteiger charge is -2.36. The van der Waals surface area contributed by atoms with E-state index in [1.54, 1.807) is 12.0 Å². The predicted octanol–water partition coefficient (Wildman–Crippen LogP) is 1.90. The van der Waals surface area contributed by atoms with Gasteiger partial charge in [0.15, 0.2) is 5.96 Å². The largest absolute Gasteiger partial charge is 0.444 e. The summed E-state index contributed by atoms with van der Waals surface area (Å²) in [5, 5.41) is 0. The number of halogens is 1. The summed E-state index contributed by atoms with van der Waals surface area (Å²) in [7, 11) is 1.66. The van der Waals surface area contributed by atoms with Crippen LogP contribution in [0.15, 0.2) is 4.99 Å². The number of hydrogen-bond acceptors (Lipinski definition) is 4. The SMILES string of the molecule is COC(C)(C)CN=C(N)N1CCN(C(=O)OC(C)(C)C)CC1.I. The summed E-state index contributed by atoms with van der Waals surface area (Å²) in [4.78, 5) is 20.1. The number of aliphatic imine (C=N–C) groups is 1. The molecule has 136 valence electrons. The maximum Gasteiger partial charge on any atom is 0.410 e. The smallest absolute Gasteiger partial charge is 0.410 e. The normalized spacial score (nSPS) is 16.9. The molecule has 0 aromatic carbocycles. The fraction of sp³-hybridized carbons (Fsp3) is 0.867. The fourth-order valence-electron chi connectivity index (χ4n) is 1.88. The van der Waals surface area contributed by atoms with Crippen molar-refractivity contribution >= 4 is 36.0 Å². The quantitative estimate of drug-likeness (QED) is 0.410. The molecule has 0 aromatic rings. The average Bonchev–Trinajstić information content (AvgIpc) is 2.43. The van der Waals surface area contributed by atoms with Crippen molar-refractivity contribution in [2.75, 3.05) is 39.8 Å². The zero-order valence-electron chi connectivity index (χ0n) is 15.1. The van der Waals surface area contributed by atoms with Crippen LogP contribution in [-0.2, 0) is 9.47 Å². The van der Waals surface area contributed by atoms with E-state index in [1.165, 1.54) is 0 Å². The van der Waals surface area contributed by atoms with Gasteiger partial charge in [-0.05, 0) is 34.6 Å². The maximum absolute atomic E-state index is 12.0. The van der Waals surface area contributed by atoms with Gasteiger partial charge in [-0.3, -0.25) is 4.99 Å². The van der Waals surface area contributed by atoms with Crippen molar-refractivity contribution in [3.05, 3.63) is 0 Å². The van der Waals surface area contributed by atoms with Crippen LogP contribution >= 0.6 is 24.0 Å². The Morgan fingerprint density at radius 1 is 1.09 bits per heavy atom. The minimum atomic E-state index is -0.472. The fourth-order valence-corrected chi connectivity index (χ4v) is 1.88. The minimum Gasteiger partial charge on any atom is -0.444 e. The van der Waals surface area contributed by atoms with Crippen molar-refractivity contribution in [2.24, 2.45) is 10.7 Å². The average molecular weight is 442 g/mol. The van der Waals surface area contributed by atoms with E-state index in [2.05, 4.69) is 4.99 Å². The maximum atomic E-state index is 12.0. The highest BCUT2D eigenvalue weighted by atomic mass is 127. The van der Waals surface area contributed by atoms with Gasteiger partial charge in [0.2, 0.25) is 0 Å². The minimum absolute atomic E-state index is 0. The molecule has 0 atom stereocenters. The number of nitrogens with two attached hydrogens (primary N) is 1. The van der Waals surface area contributed by atoms with Crippen LogP contribution in [0.2, 0.25) is 0 Å². The number of hydrogen-bond donors (Lipinski definition) is 1. The molecule has 1 aliphatic rings. The van der Waals surface area contributed by atoms with E-state index >= 15 is 0 Å². The van der Waals surface area contributed by atoms with Gasteiger partial charge in [0.25, 0.3) is 0 Å². The van der Waals surface area contributed by atoms with Gasteiger partial charge in [-0.2, -0.15) is 0 Å². The Morgan fingerprint density at radius 2 is 1.57 bits per heavy atom. The van der Waals surface area contributed by atoms with Crippen molar-refractivity contribution in [1.82, 2.24) is 9.80 Å². The Bertz CT molecular complexity index is 413. The van der Waals surface area contributed by atoms with Crippen molar-refractivity contribution < 1.29 is 14.3 Å². The van der Waals surface area contributed by atoms with Crippen LogP contribution in [-0.4, -0.2) is 72.9 Å². The first kappa shape index (κ1) is 22.2. The number of nitrogens with zero attached hydrogens (tertiary/aromatic N) is 3. The van der Waals surface area contributed by atoms with Crippen LogP contribution in [0, 0.1) is 0 Å². The van der Waals surface area contributed by atoms with Gasteiger partial charge in [0.05, 0.1) is 12.1 Å². The second-order valence-corrected chi connectivity index (χ2v) is 7.09. The third-order valence-electron chi connectivity index (χ3n) is 3.43. The molecule has 0 saturated carbocycles. The number of guanidine groups is 1. The number of amides is 1. The molecule has 0 spiro atoms. The number of carbonyl (C=O) groups excluding carboxylic acids is 1. The van der Waals surface area contributed by atoms with Crippen molar-refractivity contribution in [1.29, 1.82) is 0 Å². The van der Waals surface area contributed by atoms with Gasteiger partial charge >= 0.3 is 6.09 Å². The molecule has 1 fully saturated rings. The first-order valence-electron chi connectivity index (χ1n) is 7.62. The van der Waals surface area contributed by atoms with E-state index in [9.17, 15) is 4.79 Å². The molecule has 1 heterocycles. The van der Waals surface area contributed by atoms with Crippen LogP contribution in [0.5, 0.6) is 0 Å². The van der Waals surface area contributed by atoms with E-state index in [0.717, 1.165) is 0 Å². The van der Waals surface area contributed by atoms with Crippen molar-refractivity contribution in [3.63, 3.8) is 0 Å². The van der Waals surface area contributed by atoms with Crippen LogP contribution in [0.25, 0.3) is 0 Å². The first-order chi connectivity index (χ1) is 10.0. The van der Waals surface area contributed by atoms with Crippen molar-refractivity contribution in [2.45, 2.75) is 45.8 Å². The molecule has 0 aromatic heterocycles. The van der Waals surface area contributed by atoms with Gasteiger partial charge in [0.1, 0.15) is 5.60 Å². The summed E-state index contributed by atoms with van der Waals surface area (Å²) in [6.45, 7) is 12.5. The summed E-state index contributed by atoms with van der Waals surface area (Å²) in [5.41, 5.74) is 5.22. The lowest BCUT2D eigenvalue weighted by Crippen LogP contribution is -2.53. The Balaban J connectivity index is 0.00000484. The van der Waals surface area contributed by atoms with Gasteiger partial charge in [-0.25, -0.2) is 4.79 Å². The topological polar surface area (TPSA) is 80.4 Å². The Hall–Kier alpha value is -0.770. The molecule has 1 amide bonds. The molecule has 0 radical (unpaired) electrons. The van der Waals surface area contributed by atoms with E-state index in [-0.39, 0.29) is 35.7 Å². The molecule has 1 aliphatic heterocycles. The molecule has 0 aliphatic carbocycles. The molecule has 23 heavy (non-hydrogen) atoms. The molecule has 1 saturated heterocycles. The highest BCUT2D eigenvalue weighted by molar-refractivity contribution is 14.0.